The highest BCUT2D eigenvalue weighted by Gasteiger charge is 2.19. The van der Waals surface area contributed by atoms with E-state index >= 15 is 0 Å². The highest BCUT2D eigenvalue weighted by Crippen LogP contribution is 2.11. The van der Waals surface area contributed by atoms with Gasteiger partial charge in [-0.25, -0.2) is 4.79 Å². The van der Waals surface area contributed by atoms with Crippen LogP contribution in [-0.4, -0.2) is 48.7 Å². The van der Waals surface area contributed by atoms with Gasteiger partial charge in [0.15, 0.2) is 5.76 Å². The first kappa shape index (κ1) is 14.0. The molecule has 0 aliphatic carbocycles. The van der Waals surface area contributed by atoms with Crippen molar-refractivity contribution < 1.29 is 23.8 Å². The molecule has 1 N–H and O–H groups in total. The second-order valence-electron chi connectivity index (χ2n) is 3.54. The van der Waals surface area contributed by atoms with Crippen LogP contribution in [-0.2, 0) is 4.74 Å². The Balaban J connectivity index is 2.80. The molecule has 0 saturated carbocycles. The van der Waals surface area contributed by atoms with Crippen LogP contribution < -0.4 is 0 Å². The third-order valence-electron chi connectivity index (χ3n) is 2.26. The molecule has 0 atom stereocenters. The molecule has 6 nitrogen and oxygen atoms in total. The molecule has 0 aliphatic rings. The van der Waals surface area contributed by atoms with E-state index in [1.54, 1.807) is 6.08 Å². The van der Waals surface area contributed by atoms with Crippen molar-refractivity contribution in [1.29, 1.82) is 0 Å². The Morgan fingerprint density at radius 1 is 1.61 bits per heavy atom. The summed E-state index contributed by atoms with van der Waals surface area (Å²) >= 11 is 0. The number of aromatic carboxylic acids is 1. The molecule has 0 bridgehead atoms. The summed E-state index contributed by atoms with van der Waals surface area (Å²) in [7, 11) is 1.53. The SMILES string of the molecule is C=CCN(CCOC)C(=O)c1cc(C(=O)O)co1. The van der Waals surface area contributed by atoms with Crippen LogP contribution in [0.5, 0.6) is 0 Å². The minimum atomic E-state index is -1.13. The number of furan rings is 1. The van der Waals surface area contributed by atoms with E-state index in [-0.39, 0.29) is 17.2 Å². The Bertz CT molecular complexity index is 437. The molecule has 0 saturated heterocycles. The quantitative estimate of drug-likeness (QED) is 0.740. The molecule has 0 radical (unpaired) electrons. The molecular formula is C12H15NO5. The fourth-order valence-corrected chi connectivity index (χ4v) is 1.35. The Labute approximate surface area is 104 Å². The molecule has 1 heterocycles. The summed E-state index contributed by atoms with van der Waals surface area (Å²) in [5, 5.41) is 8.74. The third kappa shape index (κ3) is 3.46. The van der Waals surface area contributed by atoms with E-state index in [1.807, 2.05) is 0 Å². The number of hydrogen-bond acceptors (Lipinski definition) is 4. The number of amides is 1. The molecule has 0 unspecified atom stereocenters. The normalized spacial score (nSPS) is 10.1. The topological polar surface area (TPSA) is 80.0 Å². The maximum atomic E-state index is 12.0. The lowest BCUT2D eigenvalue weighted by Crippen LogP contribution is -2.33. The highest BCUT2D eigenvalue weighted by atomic mass is 16.5. The van der Waals surface area contributed by atoms with Crippen LogP contribution >= 0.6 is 0 Å². The average molecular weight is 253 g/mol. The number of carbonyl (C=O) groups is 2. The van der Waals surface area contributed by atoms with Crippen molar-refractivity contribution in [3.63, 3.8) is 0 Å². The van der Waals surface area contributed by atoms with Crippen LogP contribution in [0.1, 0.15) is 20.9 Å². The molecule has 1 rings (SSSR count). The van der Waals surface area contributed by atoms with Crippen LogP contribution in [0.3, 0.4) is 0 Å². The number of rotatable bonds is 7. The fraction of sp³-hybridized carbons (Fsp3) is 0.333. The Morgan fingerprint density at radius 3 is 2.83 bits per heavy atom. The molecule has 0 spiro atoms. The summed E-state index contributed by atoms with van der Waals surface area (Å²) in [5.74, 6) is -1.53. The predicted molar refractivity (Wildman–Crippen MR) is 63.6 cm³/mol. The molecule has 0 aromatic carbocycles. The first-order valence-corrected chi connectivity index (χ1v) is 5.31. The number of ether oxygens (including phenoxy) is 1. The van der Waals surface area contributed by atoms with E-state index in [4.69, 9.17) is 14.3 Å². The van der Waals surface area contributed by atoms with Gasteiger partial charge in [-0.05, 0) is 0 Å². The standard InChI is InChI=1S/C12H15NO5/c1-3-4-13(5-6-17-2)11(14)10-7-9(8-18-10)12(15)16/h3,7-8H,1,4-6H2,2H3,(H,15,16). The molecular weight excluding hydrogens is 238 g/mol. The summed E-state index contributed by atoms with van der Waals surface area (Å²) in [6, 6.07) is 1.20. The van der Waals surface area contributed by atoms with Gasteiger partial charge < -0.3 is 19.2 Å². The van der Waals surface area contributed by atoms with Gasteiger partial charge in [0.2, 0.25) is 0 Å². The van der Waals surface area contributed by atoms with E-state index in [1.165, 1.54) is 18.1 Å². The molecule has 18 heavy (non-hydrogen) atoms. The Hall–Kier alpha value is -2.08. The zero-order valence-electron chi connectivity index (χ0n) is 10.1. The van der Waals surface area contributed by atoms with E-state index in [2.05, 4.69) is 6.58 Å². The lowest BCUT2D eigenvalue weighted by atomic mass is 10.3. The van der Waals surface area contributed by atoms with Gasteiger partial charge in [-0.15, -0.1) is 6.58 Å². The fourth-order valence-electron chi connectivity index (χ4n) is 1.35. The third-order valence-corrected chi connectivity index (χ3v) is 2.26. The summed E-state index contributed by atoms with van der Waals surface area (Å²) in [6.45, 7) is 4.66. The monoisotopic (exact) mass is 253 g/mol. The molecule has 1 aromatic rings. The molecule has 1 aromatic heterocycles. The summed E-state index contributed by atoms with van der Waals surface area (Å²) < 4.78 is 9.84. The molecule has 0 aliphatic heterocycles. The van der Waals surface area contributed by atoms with Crippen molar-refractivity contribution in [1.82, 2.24) is 4.90 Å². The second-order valence-corrected chi connectivity index (χ2v) is 3.54. The van der Waals surface area contributed by atoms with Crippen molar-refractivity contribution in [3.8, 4) is 0 Å². The van der Waals surface area contributed by atoms with Crippen LogP contribution in [0.25, 0.3) is 0 Å². The van der Waals surface area contributed by atoms with Gasteiger partial charge in [-0.2, -0.15) is 0 Å². The van der Waals surface area contributed by atoms with Crippen LogP contribution in [0.4, 0.5) is 0 Å². The predicted octanol–water partition coefficient (Wildman–Crippen LogP) is 1.25. The van der Waals surface area contributed by atoms with Crippen molar-refractivity contribution in [3.05, 3.63) is 36.3 Å². The van der Waals surface area contributed by atoms with Gasteiger partial charge >= 0.3 is 5.97 Å². The van der Waals surface area contributed by atoms with Crippen molar-refractivity contribution in [2.24, 2.45) is 0 Å². The van der Waals surface area contributed by atoms with E-state index in [9.17, 15) is 9.59 Å². The number of methoxy groups -OCH3 is 1. The Morgan fingerprint density at radius 2 is 2.33 bits per heavy atom. The minimum absolute atomic E-state index is 0.00893. The lowest BCUT2D eigenvalue weighted by Gasteiger charge is -2.19. The number of carboxylic acids is 1. The largest absolute Gasteiger partial charge is 0.478 e. The van der Waals surface area contributed by atoms with Crippen molar-refractivity contribution in [2.75, 3.05) is 26.8 Å². The van der Waals surface area contributed by atoms with E-state index in [0.717, 1.165) is 6.26 Å². The molecule has 1 amide bonds. The highest BCUT2D eigenvalue weighted by molar-refractivity contribution is 5.95. The number of hydrogen-bond donors (Lipinski definition) is 1. The summed E-state index contributed by atoms with van der Waals surface area (Å²) in [4.78, 5) is 24.2. The molecule has 6 heteroatoms. The maximum Gasteiger partial charge on any atom is 0.338 e. The van der Waals surface area contributed by atoms with Gasteiger partial charge in [0.1, 0.15) is 6.26 Å². The molecule has 0 fully saturated rings. The smallest absolute Gasteiger partial charge is 0.338 e. The van der Waals surface area contributed by atoms with E-state index in [0.29, 0.717) is 19.7 Å². The maximum absolute atomic E-state index is 12.0. The number of carbonyl (C=O) groups excluding carboxylic acids is 1. The van der Waals surface area contributed by atoms with Gasteiger partial charge in [-0.3, -0.25) is 4.79 Å². The number of carboxylic acid groups (broad SMARTS) is 1. The zero-order valence-corrected chi connectivity index (χ0v) is 10.1. The zero-order chi connectivity index (χ0) is 13.5. The first-order valence-electron chi connectivity index (χ1n) is 5.31. The van der Waals surface area contributed by atoms with E-state index < -0.39 is 5.97 Å². The second kappa shape index (κ2) is 6.61. The Kier molecular flexibility index (Phi) is 5.13. The summed E-state index contributed by atoms with van der Waals surface area (Å²) in [6.07, 6.45) is 2.62. The van der Waals surface area contributed by atoms with Gasteiger partial charge in [0.05, 0.1) is 12.2 Å². The number of nitrogens with zero attached hydrogens (tertiary/aromatic N) is 1. The van der Waals surface area contributed by atoms with Gasteiger partial charge in [0, 0.05) is 26.3 Å². The van der Waals surface area contributed by atoms with Crippen LogP contribution in [0, 0.1) is 0 Å². The van der Waals surface area contributed by atoms with Crippen LogP contribution in [0.2, 0.25) is 0 Å². The minimum Gasteiger partial charge on any atom is -0.478 e. The van der Waals surface area contributed by atoms with Crippen molar-refractivity contribution >= 4 is 11.9 Å². The lowest BCUT2D eigenvalue weighted by molar-refractivity contribution is 0.0683. The van der Waals surface area contributed by atoms with Gasteiger partial charge in [0.25, 0.3) is 5.91 Å². The molecule has 98 valence electrons. The van der Waals surface area contributed by atoms with Crippen LogP contribution in [0.15, 0.2) is 29.4 Å². The summed E-state index contributed by atoms with van der Waals surface area (Å²) in [5.41, 5.74) is -0.0522. The first-order chi connectivity index (χ1) is 8.60. The average Bonchev–Trinajstić information content (AvgIpc) is 2.83. The van der Waals surface area contributed by atoms with Crippen molar-refractivity contribution in [2.45, 2.75) is 0 Å². The van der Waals surface area contributed by atoms with Gasteiger partial charge in [-0.1, -0.05) is 6.08 Å².